The van der Waals surface area contributed by atoms with E-state index in [1.165, 1.54) is 5.56 Å². The average Bonchev–Trinajstić information content (AvgIpc) is 2.30. The maximum absolute atomic E-state index is 10.3. The Morgan fingerprint density at radius 2 is 2.06 bits per heavy atom. The van der Waals surface area contributed by atoms with E-state index in [0.717, 1.165) is 5.56 Å². The van der Waals surface area contributed by atoms with Crippen molar-refractivity contribution in [3.63, 3.8) is 0 Å². The van der Waals surface area contributed by atoms with Gasteiger partial charge in [-0.05, 0) is 36.0 Å². The predicted molar refractivity (Wildman–Crippen MR) is 71.9 cm³/mol. The molecule has 0 saturated heterocycles. The summed E-state index contributed by atoms with van der Waals surface area (Å²) in [5.41, 5.74) is 2.08. The molecular weight excluding hydrogens is 228 g/mol. The Bertz CT molecular complexity index is 433. The molecule has 0 fully saturated rings. The summed E-state index contributed by atoms with van der Waals surface area (Å²) < 4.78 is 0. The second-order valence-electron chi connectivity index (χ2n) is 4.65. The number of carbonyl (C=O) groups is 1. The highest BCUT2D eigenvalue weighted by Crippen LogP contribution is 2.23. The van der Waals surface area contributed by atoms with E-state index in [4.69, 9.17) is 5.11 Å². The SMILES string of the molecule is CC(C)c1ccc(O)c(C/C=C/CCC(=O)O)c1. The van der Waals surface area contributed by atoms with E-state index in [0.29, 0.717) is 24.5 Å². The molecule has 3 nitrogen and oxygen atoms in total. The van der Waals surface area contributed by atoms with Crippen LogP contribution in [0.25, 0.3) is 0 Å². The monoisotopic (exact) mass is 248 g/mol. The summed E-state index contributed by atoms with van der Waals surface area (Å²) in [6.07, 6.45) is 5.05. The number of benzene rings is 1. The van der Waals surface area contributed by atoms with Crippen LogP contribution in [0.5, 0.6) is 5.75 Å². The maximum Gasteiger partial charge on any atom is 0.303 e. The molecule has 0 unspecified atom stereocenters. The van der Waals surface area contributed by atoms with Crippen molar-refractivity contribution < 1.29 is 15.0 Å². The van der Waals surface area contributed by atoms with Crippen LogP contribution < -0.4 is 0 Å². The molecule has 3 heteroatoms. The zero-order valence-corrected chi connectivity index (χ0v) is 10.9. The van der Waals surface area contributed by atoms with Crippen LogP contribution in [0.3, 0.4) is 0 Å². The van der Waals surface area contributed by atoms with Gasteiger partial charge in [-0.15, -0.1) is 0 Å². The van der Waals surface area contributed by atoms with Crippen LogP contribution in [0.2, 0.25) is 0 Å². The number of carboxylic acids is 1. The predicted octanol–water partition coefficient (Wildman–Crippen LogP) is 3.48. The molecule has 0 spiro atoms. The minimum Gasteiger partial charge on any atom is -0.508 e. The van der Waals surface area contributed by atoms with Crippen LogP contribution in [0.4, 0.5) is 0 Å². The first kappa shape index (κ1) is 14.3. The molecule has 0 aliphatic carbocycles. The third-order valence-electron chi connectivity index (χ3n) is 2.80. The Balaban J connectivity index is 2.60. The molecule has 1 aromatic carbocycles. The van der Waals surface area contributed by atoms with Gasteiger partial charge in [0, 0.05) is 6.42 Å². The summed E-state index contributed by atoms with van der Waals surface area (Å²) in [6, 6.07) is 5.65. The first-order valence-corrected chi connectivity index (χ1v) is 6.19. The Kier molecular flexibility index (Phi) is 5.43. The van der Waals surface area contributed by atoms with E-state index in [-0.39, 0.29) is 6.42 Å². The van der Waals surface area contributed by atoms with E-state index in [1.807, 2.05) is 24.3 Å². The van der Waals surface area contributed by atoms with Crippen LogP contribution in [0.15, 0.2) is 30.4 Å². The van der Waals surface area contributed by atoms with Gasteiger partial charge in [-0.25, -0.2) is 0 Å². The van der Waals surface area contributed by atoms with Gasteiger partial charge in [0.1, 0.15) is 5.75 Å². The summed E-state index contributed by atoms with van der Waals surface area (Å²) in [4.78, 5) is 10.3. The standard InChI is InChI=1S/C15H20O3/c1-11(2)12-8-9-14(16)13(10-12)6-4-3-5-7-15(17)18/h3-4,8-11,16H,5-7H2,1-2H3,(H,17,18)/b4-3+. The van der Waals surface area contributed by atoms with Gasteiger partial charge < -0.3 is 10.2 Å². The van der Waals surface area contributed by atoms with Gasteiger partial charge in [-0.3, -0.25) is 4.79 Å². The summed E-state index contributed by atoms with van der Waals surface area (Å²) in [5, 5.41) is 18.2. The van der Waals surface area contributed by atoms with Gasteiger partial charge in [0.25, 0.3) is 0 Å². The van der Waals surface area contributed by atoms with Gasteiger partial charge in [0.2, 0.25) is 0 Å². The topological polar surface area (TPSA) is 57.5 Å². The number of carboxylic acid groups (broad SMARTS) is 1. The highest BCUT2D eigenvalue weighted by atomic mass is 16.4. The molecule has 1 aromatic rings. The van der Waals surface area contributed by atoms with E-state index in [2.05, 4.69) is 13.8 Å². The molecular formula is C15H20O3. The molecule has 18 heavy (non-hydrogen) atoms. The third-order valence-corrected chi connectivity index (χ3v) is 2.80. The van der Waals surface area contributed by atoms with Crippen molar-refractivity contribution in [2.75, 3.05) is 0 Å². The van der Waals surface area contributed by atoms with Gasteiger partial charge in [-0.1, -0.05) is 38.1 Å². The number of hydrogen-bond acceptors (Lipinski definition) is 2. The van der Waals surface area contributed by atoms with E-state index in [1.54, 1.807) is 6.07 Å². The molecule has 0 radical (unpaired) electrons. The molecule has 0 heterocycles. The van der Waals surface area contributed by atoms with Crippen LogP contribution >= 0.6 is 0 Å². The molecule has 2 N–H and O–H groups in total. The number of hydrogen-bond donors (Lipinski definition) is 2. The maximum atomic E-state index is 10.3. The number of allylic oxidation sites excluding steroid dienone is 2. The van der Waals surface area contributed by atoms with E-state index < -0.39 is 5.97 Å². The van der Waals surface area contributed by atoms with Crippen molar-refractivity contribution in [1.82, 2.24) is 0 Å². The lowest BCUT2D eigenvalue weighted by Gasteiger charge is -2.08. The molecule has 0 atom stereocenters. The minimum absolute atomic E-state index is 0.147. The summed E-state index contributed by atoms with van der Waals surface area (Å²) in [7, 11) is 0. The van der Waals surface area contributed by atoms with Crippen molar-refractivity contribution in [1.29, 1.82) is 0 Å². The second kappa shape index (κ2) is 6.84. The Morgan fingerprint density at radius 1 is 1.33 bits per heavy atom. The Morgan fingerprint density at radius 3 is 2.67 bits per heavy atom. The first-order chi connectivity index (χ1) is 8.50. The van der Waals surface area contributed by atoms with Crippen LogP contribution in [0.1, 0.15) is 43.7 Å². The number of phenols is 1. The number of aliphatic carboxylic acids is 1. The third kappa shape index (κ3) is 4.62. The molecule has 0 saturated carbocycles. The quantitative estimate of drug-likeness (QED) is 0.758. The molecule has 0 aromatic heterocycles. The second-order valence-corrected chi connectivity index (χ2v) is 4.65. The summed E-state index contributed by atoms with van der Waals surface area (Å²) in [5.74, 6) is -0.0630. The summed E-state index contributed by atoms with van der Waals surface area (Å²) >= 11 is 0. The fourth-order valence-corrected chi connectivity index (χ4v) is 1.66. The molecule has 0 aliphatic rings. The van der Waals surface area contributed by atoms with Crippen molar-refractivity contribution >= 4 is 5.97 Å². The number of rotatable bonds is 6. The molecule has 0 aliphatic heterocycles. The van der Waals surface area contributed by atoms with Crippen molar-refractivity contribution in [2.24, 2.45) is 0 Å². The molecule has 0 amide bonds. The molecule has 98 valence electrons. The average molecular weight is 248 g/mol. The zero-order chi connectivity index (χ0) is 13.5. The van der Waals surface area contributed by atoms with Crippen LogP contribution in [-0.2, 0) is 11.2 Å². The van der Waals surface area contributed by atoms with Crippen LogP contribution in [-0.4, -0.2) is 16.2 Å². The van der Waals surface area contributed by atoms with Gasteiger partial charge >= 0.3 is 5.97 Å². The van der Waals surface area contributed by atoms with Gasteiger partial charge in [0.05, 0.1) is 0 Å². The van der Waals surface area contributed by atoms with Crippen LogP contribution in [0, 0.1) is 0 Å². The smallest absolute Gasteiger partial charge is 0.303 e. The lowest BCUT2D eigenvalue weighted by atomic mass is 9.99. The van der Waals surface area contributed by atoms with E-state index in [9.17, 15) is 9.90 Å². The fourth-order valence-electron chi connectivity index (χ4n) is 1.66. The largest absolute Gasteiger partial charge is 0.508 e. The zero-order valence-electron chi connectivity index (χ0n) is 10.9. The Labute approximate surface area is 108 Å². The number of aromatic hydroxyl groups is 1. The first-order valence-electron chi connectivity index (χ1n) is 6.19. The highest BCUT2D eigenvalue weighted by Gasteiger charge is 2.04. The minimum atomic E-state index is -0.788. The van der Waals surface area contributed by atoms with E-state index >= 15 is 0 Å². The van der Waals surface area contributed by atoms with Gasteiger partial charge in [-0.2, -0.15) is 0 Å². The van der Waals surface area contributed by atoms with Gasteiger partial charge in [0.15, 0.2) is 0 Å². The highest BCUT2D eigenvalue weighted by molar-refractivity contribution is 5.66. The van der Waals surface area contributed by atoms with Crippen molar-refractivity contribution in [2.45, 2.75) is 39.0 Å². The number of phenolic OH excluding ortho intramolecular Hbond substituents is 1. The van der Waals surface area contributed by atoms with Crippen molar-refractivity contribution in [3.8, 4) is 5.75 Å². The molecule has 0 bridgehead atoms. The van der Waals surface area contributed by atoms with Crippen molar-refractivity contribution in [3.05, 3.63) is 41.5 Å². The lowest BCUT2D eigenvalue weighted by Crippen LogP contribution is -1.92. The normalized spacial score (nSPS) is 11.3. The fraction of sp³-hybridized carbons (Fsp3) is 0.400. The Hall–Kier alpha value is -1.77. The summed E-state index contributed by atoms with van der Waals surface area (Å²) in [6.45, 7) is 4.22. The lowest BCUT2D eigenvalue weighted by molar-refractivity contribution is -0.136. The molecule has 1 rings (SSSR count).